The number of nitrogens with zero attached hydrogens (tertiary/aromatic N) is 6. The molecule has 3 heterocycles. The van der Waals surface area contributed by atoms with Crippen molar-refractivity contribution in [2.45, 2.75) is 25.3 Å². The van der Waals surface area contributed by atoms with Crippen LogP contribution in [0, 0.1) is 0 Å². The minimum Gasteiger partial charge on any atom is -0.378 e. The van der Waals surface area contributed by atoms with Gasteiger partial charge in [0.15, 0.2) is 5.82 Å². The molecule has 0 radical (unpaired) electrons. The first-order valence-electron chi connectivity index (χ1n) is 10.6. The fourth-order valence-electron chi connectivity index (χ4n) is 3.47. The molecule has 1 saturated heterocycles. The van der Waals surface area contributed by atoms with E-state index >= 15 is 0 Å². The molecule has 1 amide bonds. The van der Waals surface area contributed by atoms with Gasteiger partial charge in [0.25, 0.3) is 11.9 Å². The summed E-state index contributed by atoms with van der Waals surface area (Å²) in [6.07, 6.45) is -7.26. The Morgan fingerprint density at radius 1 is 0.972 bits per heavy atom. The molecule has 0 bridgehead atoms. The van der Waals surface area contributed by atoms with E-state index in [-0.39, 0.29) is 23.8 Å². The predicted molar refractivity (Wildman–Crippen MR) is 112 cm³/mol. The average molecular weight is 515 g/mol. The lowest BCUT2D eigenvalue weighted by Crippen LogP contribution is -2.37. The van der Waals surface area contributed by atoms with E-state index in [1.807, 2.05) is 4.90 Å². The molecule has 1 fully saturated rings. The highest BCUT2D eigenvalue weighted by atomic mass is 19.4. The highest BCUT2D eigenvalue weighted by Crippen LogP contribution is 2.36. The summed E-state index contributed by atoms with van der Waals surface area (Å²) < 4.78 is 85.8. The molecule has 192 valence electrons. The summed E-state index contributed by atoms with van der Waals surface area (Å²) in [5.41, 5.74) is -3.99. The highest BCUT2D eigenvalue weighted by Gasteiger charge is 2.37. The Morgan fingerprint density at radius 2 is 1.56 bits per heavy atom. The van der Waals surface area contributed by atoms with Gasteiger partial charge in [-0.2, -0.15) is 36.0 Å². The van der Waals surface area contributed by atoms with Gasteiger partial charge in [0.2, 0.25) is 5.95 Å². The third-order valence-electron chi connectivity index (χ3n) is 5.24. The topological polar surface area (TPSA) is 98.1 Å². The zero-order chi connectivity index (χ0) is 26.1. The molecule has 1 aliphatic rings. The molecule has 1 aromatic carbocycles. The lowest BCUT2D eigenvalue weighted by molar-refractivity contribution is -0.143. The Hall–Kier alpha value is -3.75. The number of halogens is 6. The second-order valence-corrected chi connectivity index (χ2v) is 7.82. The average Bonchev–Trinajstić information content (AvgIpc) is 3.29. The van der Waals surface area contributed by atoms with Crippen molar-refractivity contribution in [3.05, 3.63) is 59.2 Å². The summed E-state index contributed by atoms with van der Waals surface area (Å²) in [6.45, 7) is 3.32. The molecule has 36 heavy (non-hydrogen) atoms. The van der Waals surface area contributed by atoms with Crippen LogP contribution in [0.25, 0.3) is 5.95 Å². The van der Waals surface area contributed by atoms with Crippen LogP contribution >= 0.6 is 0 Å². The molecular formula is C21H19F6N7O2. The smallest absolute Gasteiger partial charge is 0.378 e. The lowest BCUT2D eigenvalue weighted by Gasteiger charge is -2.25. The maximum atomic E-state index is 13.2. The van der Waals surface area contributed by atoms with Crippen molar-refractivity contribution in [3.63, 3.8) is 0 Å². The zero-order valence-electron chi connectivity index (χ0n) is 18.6. The van der Waals surface area contributed by atoms with Crippen molar-refractivity contribution >= 4 is 11.9 Å². The second-order valence-electron chi connectivity index (χ2n) is 7.82. The number of morpholine rings is 1. The number of hydrogen-bond donors (Lipinski definition) is 1. The summed E-state index contributed by atoms with van der Waals surface area (Å²) in [7, 11) is 0. The molecule has 1 N–H and O–H groups in total. The van der Waals surface area contributed by atoms with Gasteiger partial charge in [0.05, 0.1) is 30.4 Å². The number of nitrogens with one attached hydrogen (secondary N) is 1. The first-order valence-corrected chi connectivity index (χ1v) is 10.6. The summed E-state index contributed by atoms with van der Waals surface area (Å²) >= 11 is 0. The number of carbonyl (C=O) groups excluding carboxylic acids is 1. The molecule has 0 aliphatic carbocycles. The van der Waals surface area contributed by atoms with Crippen molar-refractivity contribution < 1.29 is 35.9 Å². The van der Waals surface area contributed by atoms with Crippen LogP contribution in [-0.4, -0.2) is 56.9 Å². The minimum atomic E-state index is -5.08. The number of carbonyl (C=O) groups is 1. The molecule has 9 nitrogen and oxygen atoms in total. The van der Waals surface area contributed by atoms with E-state index in [4.69, 9.17) is 4.74 Å². The Balaban J connectivity index is 1.67. The predicted octanol–water partition coefficient (Wildman–Crippen LogP) is 3.42. The van der Waals surface area contributed by atoms with Crippen molar-refractivity contribution in [3.8, 4) is 5.95 Å². The van der Waals surface area contributed by atoms with Crippen LogP contribution in [-0.2, 0) is 17.1 Å². The Bertz CT molecular complexity index is 1190. The molecule has 0 saturated carbocycles. The Morgan fingerprint density at radius 3 is 2.11 bits per heavy atom. The fraction of sp³-hybridized carbons (Fsp3) is 0.381. The van der Waals surface area contributed by atoms with Crippen molar-refractivity contribution in [2.24, 2.45) is 0 Å². The van der Waals surface area contributed by atoms with Crippen LogP contribution in [0.3, 0.4) is 0 Å². The van der Waals surface area contributed by atoms with E-state index in [0.717, 1.165) is 0 Å². The molecule has 1 aliphatic heterocycles. The van der Waals surface area contributed by atoms with Crippen molar-refractivity contribution in [1.29, 1.82) is 0 Å². The molecule has 3 aromatic rings. The van der Waals surface area contributed by atoms with Crippen LogP contribution in [0.5, 0.6) is 0 Å². The molecule has 2 aromatic heterocycles. The summed E-state index contributed by atoms with van der Waals surface area (Å²) in [5.74, 6) is -0.645. The Kier molecular flexibility index (Phi) is 6.84. The van der Waals surface area contributed by atoms with E-state index in [9.17, 15) is 31.1 Å². The molecular weight excluding hydrogens is 496 g/mol. The van der Waals surface area contributed by atoms with E-state index in [1.165, 1.54) is 24.0 Å². The Labute approximate surface area is 200 Å². The largest absolute Gasteiger partial charge is 0.416 e. The van der Waals surface area contributed by atoms with Gasteiger partial charge in [0, 0.05) is 31.0 Å². The molecule has 4 rings (SSSR count). The number of anilines is 1. The standard InChI is InChI=1S/C21H19F6N7O2/c1-12(30-17(35)13-9-14(20(22,23)24)11-15(10-13)21(25,26)27)16-31-19(33-5-7-36-8-6-33)32-34(16)18-28-3-2-4-29-18/h2-4,9-12H,5-8H2,1H3,(H,30,35). The van der Waals surface area contributed by atoms with E-state index in [1.54, 1.807) is 6.07 Å². The normalized spacial score (nSPS) is 15.6. The number of amides is 1. The van der Waals surface area contributed by atoms with Gasteiger partial charge in [-0.1, -0.05) is 0 Å². The van der Waals surface area contributed by atoms with Gasteiger partial charge in [0.1, 0.15) is 0 Å². The number of alkyl halides is 6. The van der Waals surface area contributed by atoms with Gasteiger partial charge < -0.3 is 15.0 Å². The summed E-state index contributed by atoms with van der Waals surface area (Å²) in [6, 6.07) is 1.26. The SMILES string of the molecule is CC(NC(=O)c1cc(C(F)(F)F)cc(C(F)(F)F)c1)c1nc(N2CCOCC2)nn1-c1ncccn1. The van der Waals surface area contributed by atoms with Gasteiger partial charge in [-0.15, -0.1) is 5.10 Å². The van der Waals surface area contributed by atoms with Crippen molar-refractivity contribution in [1.82, 2.24) is 30.0 Å². The third kappa shape index (κ3) is 5.56. The third-order valence-corrected chi connectivity index (χ3v) is 5.24. The molecule has 0 spiro atoms. The van der Waals surface area contributed by atoms with Crippen molar-refractivity contribution in [2.75, 3.05) is 31.2 Å². The van der Waals surface area contributed by atoms with E-state index in [2.05, 4.69) is 25.4 Å². The quantitative estimate of drug-likeness (QED) is 0.520. The summed E-state index contributed by atoms with van der Waals surface area (Å²) in [4.78, 5) is 27.3. The van der Waals surface area contributed by atoms with Crippen LogP contribution in [0.1, 0.15) is 40.3 Å². The fourth-order valence-corrected chi connectivity index (χ4v) is 3.47. The maximum absolute atomic E-state index is 13.2. The molecule has 1 unspecified atom stereocenters. The second kappa shape index (κ2) is 9.72. The van der Waals surface area contributed by atoms with Gasteiger partial charge >= 0.3 is 12.4 Å². The van der Waals surface area contributed by atoms with Gasteiger partial charge in [-0.05, 0) is 31.2 Å². The van der Waals surface area contributed by atoms with Crippen LogP contribution in [0.4, 0.5) is 32.3 Å². The number of aromatic nitrogens is 5. The molecule has 15 heteroatoms. The first kappa shape index (κ1) is 25.3. The first-order chi connectivity index (χ1) is 16.9. The number of ether oxygens (including phenoxy) is 1. The van der Waals surface area contributed by atoms with Crippen LogP contribution < -0.4 is 10.2 Å². The number of rotatable bonds is 5. The number of benzene rings is 1. The summed E-state index contributed by atoms with van der Waals surface area (Å²) in [5, 5.41) is 6.80. The maximum Gasteiger partial charge on any atom is 0.416 e. The molecule has 1 atom stereocenters. The van der Waals surface area contributed by atoms with E-state index < -0.39 is 41.0 Å². The van der Waals surface area contributed by atoms with Gasteiger partial charge in [-0.25, -0.2) is 9.97 Å². The van der Waals surface area contributed by atoms with Gasteiger partial charge in [-0.3, -0.25) is 4.79 Å². The van der Waals surface area contributed by atoms with Crippen LogP contribution in [0.15, 0.2) is 36.7 Å². The minimum absolute atomic E-state index is 0.0435. The highest BCUT2D eigenvalue weighted by molar-refractivity contribution is 5.94. The zero-order valence-corrected chi connectivity index (χ0v) is 18.6. The van der Waals surface area contributed by atoms with Crippen LogP contribution in [0.2, 0.25) is 0 Å². The van der Waals surface area contributed by atoms with E-state index in [0.29, 0.717) is 38.4 Å². The lowest BCUT2D eigenvalue weighted by atomic mass is 10.0. The number of hydrogen-bond acceptors (Lipinski definition) is 7. The monoisotopic (exact) mass is 515 g/mol.